The van der Waals surface area contributed by atoms with Crippen LogP contribution in [-0.4, -0.2) is 18.6 Å². The Kier molecular flexibility index (Phi) is 5.57. The van der Waals surface area contributed by atoms with Crippen LogP contribution in [0.2, 0.25) is 0 Å². The fourth-order valence-electron chi connectivity index (χ4n) is 2.04. The zero-order valence-electron chi connectivity index (χ0n) is 11.9. The second-order valence-electron chi connectivity index (χ2n) is 4.58. The lowest BCUT2D eigenvalue weighted by Gasteiger charge is -2.18. The Balaban J connectivity index is 2.41. The van der Waals surface area contributed by atoms with Crippen molar-refractivity contribution in [3.8, 4) is 5.75 Å². The molecule has 20 heavy (non-hydrogen) atoms. The van der Waals surface area contributed by atoms with Gasteiger partial charge in [0.15, 0.2) is 0 Å². The summed E-state index contributed by atoms with van der Waals surface area (Å²) >= 11 is 5.35. The van der Waals surface area contributed by atoms with Crippen molar-refractivity contribution in [1.82, 2.24) is 10.3 Å². The van der Waals surface area contributed by atoms with Gasteiger partial charge in [0.25, 0.3) is 0 Å². The SMILES string of the molecule is CCCNC(c1cc(C)c(Br)s1)c1ncccc1OC. The first-order valence-corrected chi connectivity index (χ1v) is 8.26. The maximum Gasteiger partial charge on any atom is 0.142 e. The van der Waals surface area contributed by atoms with Crippen LogP contribution in [0.15, 0.2) is 28.2 Å². The highest BCUT2D eigenvalue weighted by molar-refractivity contribution is 9.11. The number of nitrogens with zero attached hydrogens (tertiary/aromatic N) is 1. The fourth-order valence-corrected chi connectivity index (χ4v) is 3.69. The Morgan fingerprint density at radius 3 is 2.90 bits per heavy atom. The minimum Gasteiger partial charge on any atom is -0.495 e. The quantitative estimate of drug-likeness (QED) is 0.838. The standard InChI is InChI=1S/C15H19BrN2OS/c1-4-7-17-14(12-9-10(2)15(16)20-12)13-11(19-3)6-5-8-18-13/h5-6,8-9,14,17H,4,7H2,1-3H3. The van der Waals surface area contributed by atoms with Gasteiger partial charge in [-0.3, -0.25) is 4.98 Å². The topological polar surface area (TPSA) is 34.2 Å². The number of aryl methyl sites for hydroxylation is 1. The van der Waals surface area contributed by atoms with E-state index < -0.39 is 0 Å². The summed E-state index contributed by atoms with van der Waals surface area (Å²) in [5, 5.41) is 3.56. The molecule has 1 atom stereocenters. The van der Waals surface area contributed by atoms with E-state index in [0.717, 1.165) is 24.4 Å². The molecule has 0 aromatic carbocycles. The second kappa shape index (κ2) is 7.20. The Bertz CT molecular complexity index is 551. The lowest BCUT2D eigenvalue weighted by molar-refractivity contribution is 0.400. The number of hydrogen-bond acceptors (Lipinski definition) is 4. The molecule has 0 aliphatic carbocycles. The number of aromatic nitrogens is 1. The van der Waals surface area contributed by atoms with Crippen LogP contribution >= 0.6 is 27.3 Å². The minimum atomic E-state index is 0.0705. The molecule has 0 spiro atoms. The van der Waals surface area contributed by atoms with Gasteiger partial charge in [-0.2, -0.15) is 0 Å². The van der Waals surface area contributed by atoms with Gasteiger partial charge < -0.3 is 10.1 Å². The third kappa shape index (κ3) is 3.40. The molecule has 0 fully saturated rings. The van der Waals surface area contributed by atoms with E-state index in [-0.39, 0.29) is 6.04 Å². The summed E-state index contributed by atoms with van der Waals surface area (Å²) in [4.78, 5) is 5.77. The number of halogens is 1. The number of thiophene rings is 1. The van der Waals surface area contributed by atoms with Crippen molar-refractivity contribution in [2.75, 3.05) is 13.7 Å². The molecule has 108 valence electrons. The molecule has 0 amide bonds. The van der Waals surface area contributed by atoms with Crippen molar-refractivity contribution >= 4 is 27.3 Å². The van der Waals surface area contributed by atoms with Crippen LogP contribution in [0.5, 0.6) is 5.75 Å². The first kappa shape index (κ1) is 15.5. The summed E-state index contributed by atoms with van der Waals surface area (Å²) in [6.07, 6.45) is 2.89. The maximum atomic E-state index is 5.46. The Labute approximate surface area is 132 Å². The van der Waals surface area contributed by atoms with Gasteiger partial charge in [-0.05, 0) is 59.6 Å². The van der Waals surface area contributed by atoms with E-state index in [1.54, 1.807) is 18.4 Å². The largest absolute Gasteiger partial charge is 0.495 e. The molecule has 2 rings (SSSR count). The zero-order chi connectivity index (χ0) is 14.5. The highest BCUT2D eigenvalue weighted by Gasteiger charge is 2.21. The summed E-state index contributed by atoms with van der Waals surface area (Å²) in [5.74, 6) is 0.822. The summed E-state index contributed by atoms with van der Waals surface area (Å²) < 4.78 is 6.63. The number of pyridine rings is 1. The Morgan fingerprint density at radius 2 is 2.30 bits per heavy atom. The van der Waals surface area contributed by atoms with E-state index in [9.17, 15) is 0 Å². The molecule has 0 radical (unpaired) electrons. The molecule has 1 unspecified atom stereocenters. The van der Waals surface area contributed by atoms with Gasteiger partial charge in [0.2, 0.25) is 0 Å². The van der Waals surface area contributed by atoms with Crippen LogP contribution in [0.4, 0.5) is 0 Å². The number of hydrogen-bond donors (Lipinski definition) is 1. The smallest absolute Gasteiger partial charge is 0.142 e. The highest BCUT2D eigenvalue weighted by atomic mass is 79.9. The number of nitrogens with one attached hydrogen (secondary N) is 1. The number of ether oxygens (including phenoxy) is 1. The summed E-state index contributed by atoms with van der Waals surface area (Å²) in [6.45, 7) is 5.21. The third-order valence-corrected chi connectivity index (χ3v) is 5.25. The third-order valence-electron chi connectivity index (χ3n) is 3.05. The van der Waals surface area contributed by atoms with E-state index in [0.29, 0.717) is 0 Å². The minimum absolute atomic E-state index is 0.0705. The van der Waals surface area contributed by atoms with Crippen LogP contribution in [-0.2, 0) is 0 Å². The van der Waals surface area contributed by atoms with E-state index in [4.69, 9.17) is 4.74 Å². The van der Waals surface area contributed by atoms with Gasteiger partial charge in [0.1, 0.15) is 11.4 Å². The second-order valence-corrected chi connectivity index (χ2v) is 6.99. The Hall–Kier alpha value is -0.910. The van der Waals surface area contributed by atoms with E-state index in [2.05, 4.69) is 46.1 Å². The van der Waals surface area contributed by atoms with Crippen LogP contribution in [0.25, 0.3) is 0 Å². The number of rotatable bonds is 6. The lowest BCUT2D eigenvalue weighted by Crippen LogP contribution is -2.23. The predicted octanol–water partition coefficient (Wildman–Crippen LogP) is 4.31. The van der Waals surface area contributed by atoms with Gasteiger partial charge in [-0.15, -0.1) is 11.3 Å². The van der Waals surface area contributed by atoms with Crippen LogP contribution in [0, 0.1) is 6.92 Å². The molecular weight excluding hydrogens is 336 g/mol. The average Bonchev–Trinajstić information content (AvgIpc) is 2.79. The van der Waals surface area contributed by atoms with Crippen LogP contribution in [0.1, 0.15) is 35.5 Å². The van der Waals surface area contributed by atoms with Gasteiger partial charge in [-0.1, -0.05) is 6.92 Å². The van der Waals surface area contributed by atoms with Crippen molar-refractivity contribution in [2.24, 2.45) is 0 Å². The van der Waals surface area contributed by atoms with Crippen molar-refractivity contribution < 1.29 is 4.74 Å². The molecular formula is C15H19BrN2OS. The molecule has 0 bridgehead atoms. The summed E-state index contributed by atoms with van der Waals surface area (Å²) in [5.41, 5.74) is 2.19. The van der Waals surface area contributed by atoms with Crippen LogP contribution in [0.3, 0.4) is 0 Å². The van der Waals surface area contributed by atoms with Gasteiger partial charge in [0.05, 0.1) is 16.9 Å². The van der Waals surface area contributed by atoms with E-state index >= 15 is 0 Å². The summed E-state index contributed by atoms with van der Waals surface area (Å²) in [6, 6.07) is 6.13. The van der Waals surface area contributed by atoms with E-state index in [1.807, 2.05) is 18.3 Å². The van der Waals surface area contributed by atoms with Gasteiger partial charge >= 0.3 is 0 Å². The van der Waals surface area contributed by atoms with Gasteiger partial charge in [0, 0.05) is 11.1 Å². The molecule has 3 nitrogen and oxygen atoms in total. The summed E-state index contributed by atoms with van der Waals surface area (Å²) in [7, 11) is 1.69. The van der Waals surface area contributed by atoms with Crippen molar-refractivity contribution in [1.29, 1.82) is 0 Å². The molecule has 2 aromatic rings. The van der Waals surface area contributed by atoms with Crippen molar-refractivity contribution in [3.63, 3.8) is 0 Å². The molecule has 2 heterocycles. The Morgan fingerprint density at radius 1 is 1.50 bits per heavy atom. The zero-order valence-corrected chi connectivity index (χ0v) is 14.3. The van der Waals surface area contributed by atoms with Gasteiger partial charge in [-0.25, -0.2) is 0 Å². The normalized spacial score (nSPS) is 12.4. The molecule has 2 aromatic heterocycles. The number of methoxy groups -OCH3 is 1. The predicted molar refractivity (Wildman–Crippen MR) is 87.7 cm³/mol. The monoisotopic (exact) mass is 354 g/mol. The van der Waals surface area contributed by atoms with E-state index in [1.165, 1.54) is 14.2 Å². The highest BCUT2D eigenvalue weighted by Crippen LogP contribution is 2.36. The molecule has 1 N–H and O–H groups in total. The van der Waals surface area contributed by atoms with Crippen LogP contribution < -0.4 is 10.1 Å². The average molecular weight is 355 g/mol. The lowest BCUT2D eigenvalue weighted by atomic mass is 10.1. The molecule has 5 heteroatoms. The fraction of sp³-hybridized carbons (Fsp3) is 0.400. The molecule has 0 aliphatic rings. The molecule has 0 saturated carbocycles. The van der Waals surface area contributed by atoms with Crippen molar-refractivity contribution in [2.45, 2.75) is 26.3 Å². The molecule has 0 aliphatic heterocycles. The first-order valence-electron chi connectivity index (χ1n) is 6.65. The molecule has 0 saturated heterocycles. The van der Waals surface area contributed by atoms with Crippen molar-refractivity contribution in [3.05, 3.63) is 44.3 Å². The maximum absolute atomic E-state index is 5.46. The first-order chi connectivity index (χ1) is 9.67.